The Labute approximate surface area is 163 Å². The first-order valence-electron chi connectivity index (χ1n) is 8.32. The minimum absolute atomic E-state index is 0.0461. The van der Waals surface area contributed by atoms with Crippen LogP contribution in [0.3, 0.4) is 0 Å². The zero-order valence-electron chi connectivity index (χ0n) is 14.9. The smallest absolute Gasteiger partial charge is 0.264 e. The summed E-state index contributed by atoms with van der Waals surface area (Å²) in [6.07, 6.45) is 3.64. The lowest BCUT2D eigenvalue weighted by atomic mass is 10.2. The van der Waals surface area contributed by atoms with E-state index in [1.807, 2.05) is 6.92 Å². The summed E-state index contributed by atoms with van der Waals surface area (Å²) >= 11 is 0. The second-order valence-corrected chi connectivity index (χ2v) is 9.17. The van der Waals surface area contributed by atoms with Gasteiger partial charge in [0, 0.05) is 18.1 Å². The molecular weight excluding hydrogens is 400 g/mol. The molecule has 0 aliphatic heterocycles. The van der Waals surface area contributed by atoms with Crippen LogP contribution in [0.1, 0.15) is 12.5 Å². The van der Waals surface area contributed by atoms with Crippen LogP contribution in [0.15, 0.2) is 76.8 Å². The third-order valence-electron chi connectivity index (χ3n) is 3.85. The summed E-state index contributed by atoms with van der Waals surface area (Å²) < 4.78 is 54.3. The molecule has 10 heteroatoms. The Bertz CT molecular complexity index is 1150. The average molecular weight is 419 g/mol. The van der Waals surface area contributed by atoms with Crippen molar-refractivity contribution in [2.45, 2.75) is 23.1 Å². The molecule has 2 aromatic carbocycles. The largest absolute Gasteiger partial charge is 0.280 e. The number of aromatic nitrogens is 2. The Kier molecular flexibility index (Phi) is 5.61. The quantitative estimate of drug-likeness (QED) is 0.609. The SMILES string of the molecule is CCc1ccc(S(=O)(=O)Nc2ccc(S(=O)(=O)Nc3ncccn3)cc2)cc1. The fourth-order valence-corrected chi connectivity index (χ4v) is 4.37. The van der Waals surface area contributed by atoms with Crippen LogP contribution in [0.4, 0.5) is 11.6 Å². The Morgan fingerprint density at radius 1 is 0.750 bits per heavy atom. The molecule has 0 amide bonds. The van der Waals surface area contributed by atoms with Gasteiger partial charge < -0.3 is 0 Å². The highest BCUT2D eigenvalue weighted by molar-refractivity contribution is 7.93. The van der Waals surface area contributed by atoms with Gasteiger partial charge >= 0.3 is 0 Å². The van der Waals surface area contributed by atoms with E-state index in [1.54, 1.807) is 18.2 Å². The van der Waals surface area contributed by atoms with Gasteiger partial charge in [0.1, 0.15) is 0 Å². The summed E-state index contributed by atoms with van der Waals surface area (Å²) in [4.78, 5) is 7.70. The van der Waals surface area contributed by atoms with Crippen molar-refractivity contribution in [1.29, 1.82) is 0 Å². The van der Waals surface area contributed by atoms with Crippen LogP contribution in [0.5, 0.6) is 0 Å². The number of hydrogen-bond donors (Lipinski definition) is 2. The molecule has 0 aliphatic rings. The van der Waals surface area contributed by atoms with Crippen molar-refractivity contribution in [2.75, 3.05) is 9.44 Å². The predicted octanol–water partition coefficient (Wildman–Crippen LogP) is 2.64. The van der Waals surface area contributed by atoms with Gasteiger partial charge in [-0.05, 0) is 54.4 Å². The van der Waals surface area contributed by atoms with Crippen molar-refractivity contribution in [3.8, 4) is 0 Å². The second kappa shape index (κ2) is 7.95. The molecule has 0 saturated heterocycles. The minimum atomic E-state index is -3.89. The summed E-state index contributed by atoms with van der Waals surface area (Å²) in [5, 5.41) is 0. The van der Waals surface area contributed by atoms with Crippen molar-refractivity contribution in [1.82, 2.24) is 9.97 Å². The van der Waals surface area contributed by atoms with E-state index >= 15 is 0 Å². The van der Waals surface area contributed by atoms with Crippen LogP contribution in [0, 0.1) is 0 Å². The van der Waals surface area contributed by atoms with E-state index < -0.39 is 20.0 Å². The van der Waals surface area contributed by atoms with E-state index in [0.29, 0.717) is 0 Å². The van der Waals surface area contributed by atoms with Crippen molar-refractivity contribution < 1.29 is 16.8 Å². The highest BCUT2D eigenvalue weighted by Gasteiger charge is 2.17. The molecule has 8 nitrogen and oxygen atoms in total. The number of benzene rings is 2. The molecule has 0 atom stereocenters. The maximum atomic E-state index is 12.5. The van der Waals surface area contributed by atoms with E-state index in [2.05, 4.69) is 19.4 Å². The fourth-order valence-electron chi connectivity index (χ4n) is 2.35. The molecule has 0 aliphatic carbocycles. The molecule has 146 valence electrons. The lowest BCUT2D eigenvalue weighted by Gasteiger charge is -2.10. The summed E-state index contributed by atoms with van der Waals surface area (Å²) in [6.45, 7) is 1.98. The van der Waals surface area contributed by atoms with Gasteiger partial charge in [0.05, 0.1) is 9.79 Å². The number of sulfonamides is 2. The maximum absolute atomic E-state index is 12.5. The number of nitrogens with one attached hydrogen (secondary N) is 2. The first-order valence-corrected chi connectivity index (χ1v) is 11.3. The molecule has 0 unspecified atom stereocenters. The maximum Gasteiger partial charge on any atom is 0.264 e. The van der Waals surface area contributed by atoms with Crippen molar-refractivity contribution >= 4 is 31.7 Å². The summed E-state index contributed by atoms with van der Waals surface area (Å²) in [7, 11) is -7.66. The molecule has 0 fully saturated rings. The summed E-state index contributed by atoms with van der Waals surface area (Å²) in [5.74, 6) is -0.0530. The molecule has 3 aromatic rings. The topological polar surface area (TPSA) is 118 Å². The molecular formula is C18H18N4O4S2. The van der Waals surface area contributed by atoms with Gasteiger partial charge in [0.2, 0.25) is 5.95 Å². The van der Waals surface area contributed by atoms with Crippen LogP contribution in [-0.4, -0.2) is 26.8 Å². The third-order valence-corrected chi connectivity index (χ3v) is 6.59. The van der Waals surface area contributed by atoms with Gasteiger partial charge in [-0.3, -0.25) is 4.72 Å². The van der Waals surface area contributed by atoms with Gasteiger partial charge in [-0.25, -0.2) is 31.5 Å². The lowest BCUT2D eigenvalue weighted by molar-refractivity contribution is 0.599. The van der Waals surface area contributed by atoms with Gasteiger partial charge in [-0.15, -0.1) is 0 Å². The standard InChI is InChI=1S/C18H18N4O4S2/c1-2-14-4-8-16(9-5-14)27(23,24)21-15-6-10-17(11-7-15)28(25,26)22-18-19-12-3-13-20-18/h3-13,21H,2H2,1H3,(H,19,20,22). The molecule has 0 spiro atoms. The van der Waals surface area contributed by atoms with E-state index in [0.717, 1.165) is 12.0 Å². The van der Waals surface area contributed by atoms with Crippen molar-refractivity contribution in [3.05, 3.63) is 72.6 Å². The van der Waals surface area contributed by atoms with E-state index in [1.165, 1.54) is 48.8 Å². The first kappa shape index (κ1) is 19.8. The Hall–Kier alpha value is -2.98. The predicted molar refractivity (Wildman–Crippen MR) is 106 cm³/mol. The van der Waals surface area contributed by atoms with Crippen LogP contribution in [-0.2, 0) is 26.5 Å². The van der Waals surface area contributed by atoms with Crippen molar-refractivity contribution in [3.63, 3.8) is 0 Å². The Morgan fingerprint density at radius 3 is 1.79 bits per heavy atom. The van der Waals surface area contributed by atoms with E-state index in [9.17, 15) is 16.8 Å². The van der Waals surface area contributed by atoms with Gasteiger partial charge in [0.15, 0.2) is 0 Å². The van der Waals surface area contributed by atoms with Crippen LogP contribution in [0.2, 0.25) is 0 Å². The number of aryl methyl sites for hydroxylation is 1. The molecule has 2 N–H and O–H groups in total. The molecule has 3 rings (SSSR count). The lowest BCUT2D eigenvalue weighted by Crippen LogP contribution is -2.15. The molecule has 0 bridgehead atoms. The number of nitrogens with zero attached hydrogens (tertiary/aromatic N) is 2. The van der Waals surface area contributed by atoms with Crippen molar-refractivity contribution in [2.24, 2.45) is 0 Å². The number of anilines is 2. The molecule has 0 saturated carbocycles. The Morgan fingerprint density at radius 2 is 1.25 bits per heavy atom. The number of hydrogen-bond acceptors (Lipinski definition) is 6. The minimum Gasteiger partial charge on any atom is -0.280 e. The molecule has 28 heavy (non-hydrogen) atoms. The normalized spacial score (nSPS) is 11.8. The van der Waals surface area contributed by atoms with E-state index in [-0.39, 0.29) is 21.4 Å². The average Bonchev–Trinajstić information content (AvgIpc) is 2.68. The van der Waals surface area contributed by atoms with Gasteiger partial charge in [0.25, 0.3) is 20.0 Å². The second-order valence-electron chi connectivity index (χ2n) is 5.81. The number of rotatable bonds is 7. The highest BCUT2D eigenvalue weighted by atomic mass is 32.2. The fraction of sp³-hybridized carbons (Fsp3) is 0.111. The Balaban J connectivity index is 1.76. The first-order chi connectivity index (χ1) is 13.3. The third kappa shape index (κ3) is 4.65. The van der Waals surface area contributed by atoms with Crippen LogP contribution < -0.4 is 9.44 Å². The van der Waals surface area contributed by atoms with Gasteiger partial charge in [-0.2, -0.15) is 0 Å². The molecule has 1 heterocycles. The zero-order valence-corrected chi connectivity index (χ0v) is 16.5. The van der Waals surface area contributed by atoms with Crippen LogP contribution in [0.25, 0.3) is 0 Å². The summed E-state index contributed by atoms with van der Waals surface area (Å²) in [5.41, 5.74) is 1.28. The van der Waals surface area contributed by atoms with E-state index in [4.69, 9.17) is 0 Å². The molecule has 0 radical (unpaired) electrons. The molecule has 1 aromatic heterocycles. The van der Waals surface area contributed by atoms with Gasteiger partial charge in [-0.1, -0.05) is 19.1 Å². The van der Waals surface area contributed by atoms with Crippen LogP contribution >= 0.6 is 0 Å². The zero-order chi connectivity index (χ0) is 20.2. The summed E-state index contributed by atoms with van der Waals surface area (Å²) in [6, 6.07) is 13.5. The monoisotopic (exact) mass is 418 g/mol. The highest BCUT2D eigenvalue weighted by Crippen LogP contribution is 2.20.